The minimum Gasteiger partial charge on any atom is -0.365 e. The van der Waals surface area contributed by atoms with E-state index in [4.69, 9.17) is 5.73 Å². The maximum atomic E-state index is 12.7. The molecule has 1 amide bonds. The number of rotatable bonds is 2. The van der Waals surface area contributed by atoms with Crippen molar-refractivity contribution in [3.8, 4) is 0 Å². The van der Waals surface area contributed by atoms with E-state index >= 15 is 0 Å². The zero-order valence-electron chi connectivity index (χ0n) is 10.9. The number of anilines is 1. The summed E-state index contributed by atoms with van der Waals surface area (Å²) in [6.45, 7) is 1.36. The van der Waals surface area contributed by atoms with Gasteiger partial charge in [0.05, 0.1) is 11.1 Å². The molecule has 0 saturated carbocycles. The van der Waals surface area contributed by atoms with Crippen LogP contribution in [0.3, 0.4) is 0 Å². The first-order valence-corrected chi connectivity index (χ1v) is 6.51. The third-order valence-corrected chi connectivity index (χ3v) is 3.37. The summed E-state index contributed by atoms with van der Waals surface area (Å²) in [5.74, 6) is -0.629. The van der Waals surface area contributed by atoms with E-state index in [0.717, 1.165) is 37.9 Å². The molecule has 0 unspecified atom stereocenters. The number of alkyl halides is 3. The van der Waals surface area contributed by atoms with E-state index in [1.807, 2.05) is 4.90 Å². The van der Waals surface area contributed by atoms with Crippen LogP contribution >= 0.6 is 0 Å². The largest absolute Gasteiger partial charge is 0.417 e. The molecule has 0 radical (unpaired) electrons. The van der Waals surface area contributed by atoms with Crippen molar-refractivity contribution in [2.45, 2.75) is 31.9 Å². The first-order chi connectivity index (χ1) is 9.39. The lowest BCUT2D eigenvalue weighted by atomic mass is 10.1. The fraction of sp³-hybridized carbons (Fsp3) is 0.538. The Bertz CT molecular complexity index is 494. The van der Waals surface area contributed by atoms with Crippen molar-refractivity contribution in [3.05, 3.63) is 23.4 Å². The average molecular weight is 287 g/mol. The molecule has 2 N–H and O–H groups in total. The van der Waals surface area contributed by atoms with E-state index in [1.165, 1.54) is 0 Å². The van der Waals surface area contributed by atoms with Crippen molar-refractivity contribution in [2.24, 2.45) is 5.73 Å². The molecule has 2 rings (SSSR count). The van der Waals surface area contributed by atoms with Crippen LogP contribution in [0.4, 0.5) is 19.0 Å². The number of carbonyl (C=O) groups is 1. The van der Waals surface area contributed by atoms with Gasteiger partial charge in [0.25, 0.3) is 5.91 Å². The highest BCUT2D eigenvalue weighted by Gasteiger charge is 2.33. The van der Waals surface area contributed by atoms with Crippen molar-refractivity contribution in [3.63, 3.8) is 0 Å². The number of pyridine rings is 1. The third kappa shape index (κ3) is 3.20. The van der Waals surface area contributed by atoms with E-state index in [0.29, 0.717) is 13.1 Å². The minimum absolute atomic E-state index is 0.165. The Hall–Kier alpha value is -1.79. The first-order valence-electron chi connectivity index (χ1n) is 6.51. The van der Waals surface area contributed by atoms with Crippen LogP contribution in [-0.2, 0) is 6.18 Å². The van der Waals surface area contributed by atoms with Gasteiger partial charge < -0.3 is 10.6 Å². The van der Waals surface area contributed by atoms with Gasteiger partial charge in [-0.1, -0.05) is 12.8 Å². The van der Waals surface area contributed by atoms with E-state index in [1.54, 1.807) is 0 Å². The van der Waals surface area contributed by atoms with E-state index in [-0.39, 0.29) is 11.4 Å². The van der Waals surface area contributed by atoms with E-state index < -0.39 is 17.6 Å². The fourth-order valence-electron chi connectivity index (χ4n) is 2.33. The smallest absolute Gasteiger partial charge is 0.365 e. The number of nitrogens with two attached hydrogens (primary N) is 1. The summed E-state index contributed by atoms with van der Waals surface area (Å²) in [4.78, 5) is 17.1. The molecule has 1 fully saturated rings. The van der Waals surface area contributed by atoms with Gasteiger partial charge in [0.2, 0.25) is 0 Å². The molecular weight excluding hydrogens is 271 g/mol. The standard InChI is InChI=1S/C13H16F3N3O/c14-13(15,16)9-7-10(11(17)20)12(18-8-9)19-5-3-1-2-4-6-19/h7-8H,1-6H2,(H2,17,20). The molecule has 20 heavy (non-hydrogen) atoms. The number of carbonyl (C=O) groups excluding carboxylic acids is 1. The second kappa shape index (κ2) is 5.68. The van der Waals surface area contributed by atoms with Crippen molar-refractivity contribution >= 4 is 11.7 Å². The molecule has 0 bridgehead atoms. The molecule has 1 aromatic heterocycles. The molecule has 1 aliphatic heterocycles. The molecule has 0 spiro atoms. The highest BCUT2D eigenvalue weighted by Crippen LogP contribution is 2.31. The zero-order chi connectivity index (χ0) is 14.8. The Morgan fingerprint density at radius 2 is 1.80 bits per heavy atom. The Balaban J connectivity index is 2.39. The molecule has 4 nitrogen and oxygen atoms in total. The van der Waals surface area contributed by atoms with Gasteiger partial charge in [-0.2, -0.15) is 13.2 Å². The molecule has 0 aliphatic carbocycles. The second-order valence-corrected chi connectivity index (χ2v) is 4.86. The minimum atomic E-state index is -4.53. The van der Waals surface area contributed by atoms with Crippen LogP contribution in [0.1, 0.15) is 41.6 Å². The number of amides is 1. The quantitative estimate of drug-likeness (QED) is 0.909. The van der Waals surface area contributed by atoms with Crippen LogP contribution in [0.5, 0.6) is 0 Å². The van der Waals surface area contributed by atoms with Gasteiger partial charge in [-0.25, -0.2) is 4.98 Å². The average Bonchev–Trinajstić information content (AvgIpc) is 2.65. The van der Waals surface area contributed by atoms with Gasteiger partial charge in [-0.05, 0) is 18.9 Å². The highest BCUT2D eigenvalue weighted by molar-refractivity contribution is 5.97. The van der Waals surface area contributed by atoms with Crippen LogP contribution in [0.15, 0.2) is 12.3 Å². The molecule has 1 aliphatic rings. The predicted molar refractivity (Wildman–Crippen MR) is 68.4 cm³/mol. The summed E-state index contributed by atoms with van der Waals surface area (Å²) >= 11 is 0. The Morgan fingerprint density at radius 3 is 2.30 bits per heavy atom. The van der Waals surface area contributed by atoms with Gasteiger partial charge in [0.1, 0.15) is 5.82 Å². The molecule has 0 aromatic carbocycles. The molecule has 7 heteroatoms. The van der Waals surface area contributed by atoms with Gasteiger partial charge in [-0.15, -0.1) is 0 Å². The van der Waals surface area contributed by atoms with Gasteiger partial charge in [0, 0.05) is 19.3 Å². The van der Waals surface area contributed by atoms with Crippen LogP contribution < -0.4 is 10.6 Å². The topological polar surface area (TPSA) is 59.2 Å². The lowest BCUT2D eigenvalue weighted by molar-refractivity contribution is -0.137. The molecule has 2 heterocycles. The molecule has 0 atom stereocenters. The molecular formula is C13H16F3N3O. The highest BCUT2D eigenvalue weighted by atomic mass is 19.4. The van der Waals surface area contributed by atoms with Crippen molar-refractivity contribution in [1.82, 2.24) is 4.98 Å². The summed E-state index contributed by atoms with van der Waals surface area (Å²) in [5.41, 5.74) is 4.08. The van der Waals surface area contributed by atoms with E-state index in [2.05, 4.69) is 4.98 Å². The number of hydrogen-bond donors (Lipinski definition) is 1. The maximum Gasteiger partial charge on any atom is 0.417 e. The number of halogens is 3. The fourth-order valence-corrected chi connectivity index (χ4v) is 2.33. The normalized spacial score (nSPS) is 16.9. The third-order valence-electron chi connectivity index (χ3n) is 3.37. The molecule has 1 saturated heterocycles. The lowest BCUT2D eigenvalue weighted by Gasteiger charge is -2.23. The summed E-state index contributed by atoms with van der Waals surface area (Å²) < 4.78 is 38.0. The van der Waals surface area contributed by atoms with Crippen LogP contribution in [-0.4, -0.2) is 24.0 Å². The monoisotopic (exact) mass is 287 g/mol. The number of aromatic nitrogens is 1. The summed E-state index contributed by atoms with van der Waals surface area (Å²) in [7, 11) is 0. The zero-order valence-corrected chi connectivity index (χ0v) is 10.9. The summed E-state index contributed by atoms with van der Waals surface area (Å²) in [5, 5.41) is 0. The SMILES string of the molecule is NC(=O)c1cc(C(F)(F)F)cnc1N1CCCCCC1. The van der Waals surface area contributed by atoms with Gasteiger partial charge >= 0.3 is 6.18 Å². The van der Waals surface area contributed by atoms with Crippen molar-refractivity contribution in [2.75, 3.05) is 18.0 Å². The first kappa shape index (κ1) is 14.6. The number of nitrogens with zero attached hydrogens (tertiary/aromatic N) is 2. The maximum absolute atomic E-state index is 12.7. The molecule has 110 valence electrons. The van der Waals surface area contributed by atoms with Gasteiger partial charge in [-0.3, -0.25) is 4.79 Å². The predicted octanol–water partition coefficient (Wildman–Crippen LogP) is 2.58. The lowest BCUT2D eigenvalue weighted by Crippen LogP contribution is -2.29. The number of primary amides is 1. The van der Waals surface area contributed by atoms with Crippen LogP contribution in [0.25, 0.3) is 0 Å². The Morgan fingerprint density at radius 1 is 1.20 bits per heavy atom. The summed E-state index contributed by atoms with van der Waals surface area (Å²) in [6.07, 6.45) is 0.231. The van der Waals surface area contributed by atoms with E-state index in [9.17, 15) is 18.0 Å². The van der Waals surface area contributed by atoms with Crippen molar-refractivity contribution < 1.29 is 18.0 Å². The number of hydrogen-bond acceptors (Lipinski definition) is 3. The van der Waals surface area contributed by atoms with Crippen LogP contribution in [0, 0.1) is 0 Å². The summed E-state index contributed by atoms with van der Waals surface area (Å²) in [6, 6.07) is 0.787. The van der Waals surface area contributed by atoms with Crippen molar-refractivity contribution in [1.29, 1.82) is 0 Å². The van der Waals surface area contributed by atoms with Gasteiger partial charge in [0.15, 0.2) is 0 Å². The van der Waals surface area contributed by atoms with Crippen LogP contribution in [0.2, 0.25) is 0 Å². The Labute approximate surface area is 114 Å². The molecule has 1 aromatic rings. The second-order valence-electron chi connectivity index (χ2n) is 4.86. The Kier molecular flexibility index (Phi) is 4.15.